The minimum absolute atomic E-state index is 0.357. The van der Waals surface area contributed by atoms with E-state index in [4.69, 9.17) is 9.15 Å². The van der Waals surface area contributed by atoms with Crippen molar-refractivity contribution in [3.05, 3.63) is 24.2 Å². The van der Waals surface area contributed by atoms with Crippen molar-refractivity contribution in [2.45, 2.75) is 25.9 Å². The molecule has 14 heavy (non-hydrogen) atoms. The average molecular weight is 212 g/mol. The first-order valence-corrected chi connectivity index (χ1v) is 5.69. The fourth-order valence-electron chi connectivity index (χ4n) is 1.79. The number of ether oxygens (including phenoxy) is 1. The van der Waals surface area contributed by atoms with Crippen LogP contribution in [0.1, 0.15) is 25.0 Å². The van der Waals surface area contributed by atoms with Gasteiger partial charge in [0.15, 0.2) is 0 Å². The number of furan rings is 1. The van der Waals surface area contributed by atoms with Crippen LogP contribution in [0.5, 0.6) is 0 Å². The topological polar surface area (TPSA) is 22.4 Å². The van der Waals surface area contributed by atoms with Gasteiger partial charge < -0.3 is 9.15 Å². The van der Waals surface area contributed by atoms with Crippen LogP contribution in [0.3, 0.4) is 0 Å². The molecule has 0 amide bonds. The zero-order valence-corrected chi connectivity index (χ0v) is 9.13. The zero-order valence-electron chi connectivity index (χ0n) is 8.24. The Morgan fingerprint density at radius 2 is 2.36 bits per heavy atom. The quantitative estimate of drug-likeness (QED) is 0.758. The molecule has 2 rings (SSSR count). The summed E-state index contributed by atoms with van der Waals surface area (Å²) in [6.07, 6.45) is 5.52. The molecule has 0 N–H and O–H groups in total. The first-order valence-electron chi connectivity index (χ1n) is 5.06. The van der Waals surface area contributed by atoms with Gasteiger partial charge in [0.25, 0.3) is 0 Å². The fraction of sp³-hybridized carbons (Fsp3) is 0.636. The van der Waals surface area contributed by atoms with Crippen molar-refractivity contribution in [1.82, 2.24) is 0 Å². The molecule has 1 aliphatic rings. The zero-order chi connectivity index (χ0) is 9.86. The van der Waals surface area contributed by atoms with E-state index in [2.05, 4.69) is 12.6 Å². The van der Waals surface area contributed by atoms with E-state index in [9.17, 15) is 0 Å². The third-order valence-corrected chi connectivity index (χ3v) is 3.65. The van der Waals surface area contributed by atoms with Crippen molar-refractivity contribution in [2.24, 2.45) is 5.41 Å². The molecule has 0 radical (unpaired) electrons. The van der Waals surface area contributed by atoms with Crippen LogP contribution in [-0.4, -0.2) is 12.4 Å². The number of rotatable bonds is 5. The van der Waals surface area contributed by atoms with Gasteiger partial charge in [-0.1, -0.05) is 6.42 Å². The highest BCUT2D eigenvalue weighted by Crippen LogP contribution is 2.42. The fourth-order valence-corrected chi connectivity index (χ4v) is 2.20. The first kappa shape index (κ1) is 10.1. The Hall–Kier alpha value is -0.410. The summed E-state index contributed by atoms with van der Waals surface area (Å²) >= 11 is 4.38. The smallest absolute Gasteiger partial charge is 0.129 e. The van der Waals surface area contributed by atoms with Gasteiger partial charge in [0.1, 0.15) is 12.4 Å². The molecule has 0 atom stereocenters. The molecule has 1 aliphatic carbocycles. The first-order chi connectivity index (χ1) is 6.85. The Kier molecular flexibility index (Phi) is 3.19. The van der Waals surface area contributed by atoms with Crippen LogP contribution in [0.15, 0.2) is 22.8 Å². The van der Waals surface area contributed by atoms with E-state index in [1.165, 1.54) is 19.3 Å². The van der Waals surface area contributed by atoms with Crippen LogP contribution in [0.2, 0.25) is 0 Å². The SMILES string of the molecule is SCC1(COCc2ccco2)CCC1. The average Bonchev–Trinajstić information content (AvgIpc) is 2.62. The molecule has 0 aliphatic heterocycles. The molecule has 0 aromatic carbocycles. The highest BCUT2D eigenvalue weighted by Gasteiger charge is 2.35. The summed E-state index contributed by atoms with van der Waals surface area (Å²) in [5.41, 5.74) is 0.357. The molecule has 1 aromatic rings. The van der Waals surface area contributed by atoms with Gasteiger partial charge in [-0.05, 0) is 30.7 Å². The summed E-state index contributed by atoms with van der Waals surface area (Å²) in [5, 5.41) is 0. The van der Waals surface area contributed by atoms with Gasteiger partial charge >= 0.3 is 0 Å². The Bertz CT molecular complexity index is 259. The van der Waals surface area contributed by atoms with Crippen molar-refractivity contribution >= 4 is 12.6 Å². The molecule has 1 fully saturated rings. The molecule has 1 saturated carbocycles. The monoisotopic (exact) mass is 212 g/mol. The largest absolute Gasteiger partial charge is 0.467 e. The highest BCUT2D eigenvalue weighted by atomic mass is 32.1. The molecular formula is C11H16O2S. The maximum atomic E-state index is 5.63. The van der Waals surface area contributed by atoms with Crippen LogP contribution < -0.4 is 0 Å². The molecule has 3 heteroatoms. The van der Waals surface area contributed by atoms with Crippen molar-refractivity contribution in [3.8, 4) is 0 Å². The van der Waals surface area contributed by atoms with E-state index in [1.54, 1.807) is 6.26 Å². The van der Waals surface area contributed by atoms with Crippen LogP contribution >= 0.6 is 12.6 Å². The van der Waals surface area contributed by atoms with E-state index >= 15 is 0 Å². The number of thiol groups is 1. The predicted octanol–water partition coefficient (Wildman–Crippen LogP) is 2.90. The van der Waals surface area contributed by atoms with Crippen LogP contribution in [0.25, 0.3) is 0 Å². The lowest BCUT2D eigenvalue weighted by atomic mass is 9.71. The Balaban J connectivity index is 1.72. The van der Waals surface area contributed by atoms with Crippen molar-refractivity contribution in [3.63, 3.8) is 0 Å². The second-order valence-corrected chi connectivity index (χ2v) is 4.40. The summed E-state index contributed by atoms with van der Waals surface area (Å²) in [5.74, 6) is 1.84. The second kappa shape index (κ2) is 4.41. The summed E-state index contributed by atoms with van der Waals surface area (Å²) in [7, 11) is 0. The molecule has 1 heterocycles. The van der Waals surface area contributed by atoms with Gasteiger partial charge in [0.05, 0.1) is 12.9 Å². The summed E-state index contributed by atoms with van der Waals surface area (Å²) in [6, 6.07) is 3.82. The third kappa shape index (κ3) is 2.15. The number of hydrogen-bond acceptors (Lipinski definition) is 3. The van der Waals surface area contributed by atoms with Crippen LogP contribution in [0, 0.1) is 5.41 Å². The van der Waals surface area contributed by atoms with E-state index in [1.807, 2.05) is 12.1 Å². The molecule has 1 aromatic heterocycles. The van der Waals surface area contributed by atoms with E-state index in [0.29, 0.717) is 12.0 Å². The van der Waals surface area contributed by atoms with E-state index in [0.717, 1.165) is 18.1 Å². The van der Waals surface area contributed by atoms with Crippen molar-refractivity contribution in [1.29, 1.82) is 0 Å². The minimum Gasteiger partial charge on any atom is -0.467 e. The molecule has 2 nitrogen and oxygen atoms in total. The van der Waals surface area contributed by atoms with Crippen molar-refractivity contribution < 1.29 is 9.15 Å². The molecule has 0 bridgehead atoms. The highest BCUT2D eigenvalue weighted by molar-refractivity contribution is 7.80. The molecule has 0 spiro atoms. The molecule has 0 unspecified atom stereocenters. The lowest BCUT2D eigenvalue weighted by molar-refractivity contribution is -0.00336. The van der Waals surface area contributed by atoms with Crippen LogP contribution in [-0.2, 0) is 11.3 Å². The van der Waals surface area contributed by atoms with Gasteiger partial charge in [-0.3, -0.25) is 0 Å². The number of hydrogen-bond donors (Lipinski definition) is 1. The summed E-state index contributed by atoms with van der Waals surface area (Å²) < 4.78 is 10.8. The Morgan fingerprint density at radius 3 is 2.86 bits per heavy atom. The minimum atomic E-state index is 0.357. The van der Waals surface area contributed by atoms with Gasteiger partial charge in [-0.25, -0.2) is 0 Å². The standard InChI is InChI=1S/C11H16O2S/c14-9-11(4-2-5-11)8-12-7-10-3-1-6-13-10/h1,3,6,14H,2,4-5,7-9H2. The van der Waals surface area contributed by atoms with Crippen LogP contribution in [0.4, 0.5) is 0 Å². The molecular weight excluding hydrogens is 196 g/mol. The summed E-state index contributed by atoms with van der Waals surface area (Å²) in [6.45, 7) is 1.40. The van der Waals surface area contributed by atoms with E-state index in [-0.39, 0.29) is 0 Å². The van der Waals surface area contributed by atoms with E-state index < -0.39 is 0 Å². The van der Waals surface area contributed by atoms with Crippen molar-refractivity contribution in [2.75, 3.05) is 12.4 Å². The second-order valence-electron chi connectivity index (χ2n) is 4.08. The summed E-state index contributed by atoms with van der Waals surface area (Å²) in [4.78, 5) is 0. The third-order valence-electron chi connectivity index (χ3n) is 2.98. The molecule has 0 saturated heterocycles. The Morgan fingerprint density at radius 1 is 1.50 bits per heavy atom. The molecule has 78 valence electrons. The van der Waals surface area contributed by atoms with Gasteiger partial charge in [0.2, 0.25) is 0 Å². The Labute approximate surface area is 90.0 Å². The maximum absolute atomic E-state index is 5.63. The van der Waals surface area contributed by atoms with Gasteiger partial charge in [-0.15, -0.1) is 0 Å². The lowest BCUT2D eigenvalue weighted by Gasteiger charge is -2.40. The van der Waals surface area contributed by atoms with Gasteiger partial charge in [0, 0.05) is 5.41 Å². The normalized spacial score (nSPS) is 19.2. The maximum Gasteiger partial charge on any atom is 0.129 e. The lowest BCUT2D eigenvalue weighted by Crippen LogP contribution is -2.36. The van der Waals surface area contributed by atoms with Gasteiger partial charge in [-0.2, -0.15) is 12.6 Å². The predicted molar refractivity (Wildman–Crippen MR) is 58.5 cm³/mol.